The molecule has 3 heteroatoms. The molecule has 2 atom stereocenters. The van der Waals surface area contributed by atoms with Gasteiger partial charge >= 0.3 is 0 Å². The highest BCUT2D eigenvalue weighted by molar-refractivity contribution is 8.00. The molecule has 1 nitrogen and oxygen atoms in total. The van der Waals surface area contributed by atoms with Gasteiger partial charge in [-0.1, -0.05) is 25.1 Å². The number of rotatable bonds is 0. The van der Waals surface area contributed by atoms with E-state index < -0.39 is 0 Å². The highest BCUT2D eigenvalue weighted by Crippen LogP contribution is 2.31. The van der Waals surface area contributed by atoms with E-state index in [0.717, 1.165) is 16.7 Å². The average Bonchev–Trinajstić information content (AvgIpc) is 2.25. The van der Waals surface area contributed by atoms with E-state index in [1.54, 1.807) is 0 Å². The molecule has 1 aliphatic carbocycles. The van der Waals surface area contributed by atoms with Gasteiger partial charge in [0.25, 0.3) is 0 Å². The number of hydrogen-bond acceptors (Lipinski definition) is 2. The second-order valence-electron chi connectivity index (χ2n) is 3.62. The van der Waals surface area contributed by atoms with Crippen LogP contribution >= 0.6 is 24.0 Å². The molecule has 1 N–H and O–H groups in total. The van der Waals surface area contributed by atoms with Crippen LogP contribution in [0, 0.1) is 0 Å². The Morgan fingerprint density at radius 1 is 1.33 bits per heavy atom. The van der Waals surface area contributed by atoms with Crippen molar-refractivity contribution in [2.24, 2.45) is 0 Å². The lowest BCUT2D eigenvalue weighted by Crippen LogP contribution is -2.41. The molecule has 0 aromatic carbocycles. The van der Waals surface area contributed by atoms with Crippen LogP contribution in [0.25, 0.3) is 0 Å². The van der Waals surface area contributed by atoms with Crippen molar-refractivity contribution in [2.75, 3.05) is 5.75 Å². The van der Waals surface area contributed by atoms with E-state index in [4.69, 9.17) is 12.2 Å². The second kappa shape index (κ2) is 3.97. The Morgan fingerprint density at radius 2 is 2.17 bits per heavy atom. The highest BCUT2D eigenvalue weighted by Gasteiger charge is 2.27. The molecule has 1 saturated heterocycles. The van der Waals surface area contributed by atoms with Crippen LogP contribution in [0.4, 0.5) is 0 Å². The molecule has 1 aliphatic heterocycles. The molecule has 68 valence electrons. The van der Waals surface area contributed by atoms with Crippen LogP contribution < -0.4 is 5.32 Å². The molecule has 2 fully saturated rings. The molecular formula is C9H15NS2. The summed E-state index contributed by atoms with van der Waals surface area (Å²) >= 11 is 7.36. The van der Waals surface area contributed by atoms with Gasteiger partial charge in [0.15, 0.2) is 0 Å². The predicted molar refractivity (Wildman–Crippen MR) is 58.9 cm³/mol. The SMILES string of the molecule is S=C1CCS[C@H]2CCCC[C@@H]2N1. The Bertz CT molecular complexity index is 181. The summed E-state index contributed by atoms with van der Waals surface area (Å²) in [6, 6.07) is 0.693. The van der Waals surface area contributed by atoms with Gasteiger partial charge in [-0.15, -0.1) is 0 Å². The van der Waals surface area contributed by atoms with Crippen LogP contribution in [-0.2, 0) is 0 Å². The van der Waals surface area contributed by atoms with Crippen molar-refractivity contribution >= 4 is 29.0 Å². The minimum Gasteiger partial charge on any atom is -0.376 e. The highest BCUT2D eigenvalue weighted by atomic mass is 32.2. The van der Waals surface area contributed by atoms with Crippen molar-refractivity contribution in [1.29, 1.82) is 0 Å². The second-order valence-corrected chi connectivity index (χ2v) is 5.46. The first-order valence-electron chi connectivity index (χ1n) is 4.77. The van der Waals surface area contributed by atoms with Crippen LogP contribution in [0.3, 0.4) is 0 Å². The normalized spacial score (nSPS) is 36.5. The van der Waals surface area contributed by atoms with Gasteiger partial charge in [-0.3, -0.25) is 0 Å². The summed E-state index contributed by atoms with van der Waals surface area (Å²) in [7, 11) is 0. The van der Waals surface area contributed by atoms with Gasteiger partial charge in [-0.25, -0.2) is 0 Å². The summed E-state index contributed by atoms with van der Waals surface area (Å²) in [4.78, 5) is 1.09. The summed E-state index contributed by atoms with van der Waals surface area (Å²) in [6.07, 6.45) is 6.62. The first-order chi connectivity index (χ1) is 5.86. The van der Waals surface area contributed by atoms with Crippen LogP contribution in [0.5, 0.6) is 0 Å². The molecule has 1 saturated carbocycles. The Balaban J connectivity index is 2.01. The average molecular weight is 201 g/mol. The Labute approximate surface area is 83.7 Å². The number of nitrogens with one attached hydrogen (secondary N) is 1. The van der Waals surface area contributed by atoms with Crippen LogP contribution in [0.2, 0.25) is 0 Å². The minimum atomic E-state index is 0.693. The molecule has 2 aliphatic rings. The standard InChI is InChI=1S/C9H15NS2/c11-9-5-6-12-8-4-2-1-3-7(8)10-9/h7-8H,1-6H2,(H,10,11)/t7-,8-/m0/s1. The van der Waals surface area contributed by atoms with E-state index in [2.05, 4.69) is 17.1 Å². The largest absolute Gasteiger partial charge is 0.376 e. The van der Waals surface area contributed by atoms with Gasteiger partial charge in [0.1, 0.15) is 0 Å². The van der Waals surface area contributed by atoms with Crippen molar-refractivity contribution in [1.82, 2.24) is 5.32 Å². The number of fused-ring (bicyclic) bond motifs is 1. The van der Waals surface area contributed by atoms with Crippen molar-refractivity contribution in [2.45, 2.75) is 43.4 Å². The predicted octanol–water partition coefficient (Wildman–Crippen LogP) is 2.35. The minimum absolute atomic E-state index is 0.693. The third-order valence-electron chi connectivity index (χ3n) is 2.71. The fourth-order valence-corrected chi connectivity index (χ4v) is 3.82. The summed E-state index contributed by atoms with van der Waals surface area (Å²) in [5, 5.41) is 4.34. The summed E-state index contributed by atoms with van der Waals surface area (Å²) < 4.78 is 0. The fourth-order valence-electron chi connectivity index (χ4n) is 2.04. The van der Waals surface area contributed by atoms with E-state index in [0.29, 0.717) is 6.04 Å². The molecule has 1 heterocycles. The number of thioether (sulfide) groups is 1. The van der Waals surface area contributed by atoms with E-state index in [9.17, 15) is 0 Å². The zero-order valence-corrected chi connectivity index (χ0v) is 8.85. The van der Waals surface area contributed by atoms with E-state index >= 15 is 0 Å². The molecule has 0 bridgehead atoms. The third kappa shape index (κ3) is 1.94. The van der Waals surface area contributed by atoms with Crippen molar-refractivity contribution < 1.29 is 0 Å². The Kier molecular flexibility index (Phi) is 2.92. The molecule has 0 amide bonds. The van der Waals surface area contributed by atoms with Gasteiger partial charge in [0, 0.05) is 17.7 Å². The van der Waals surface area contributed by atoms with Crippen molar-refractivity contribution in [3.05, 3.63) is 0 Å². The zero-order chi connectivity index (χ0) is 8.39. The molecule has 0 unspecified atom stereocenters. The maximum atomic E-state index is 5.24. The lowest BCUT2D eigenvalue weighted by atomic mass is 9.95. The Morgan fingerprint density at radius 3 is 3.08 bits per heavy atom. The smallest absolute Gasteiger partial charge is 0.0764 e. The van der Waals surface area contributed by atoms with Gasteiger partial charge in [0.05, 0.1) is 4.99 Å². The number of hydrogen-bond donors (Lipinski definition) is 1. The van der Waals surface area contributed by atoms with Crippen molar-refractivity contribution in [3.8, 4) is 0 Å². The van der Waals surface area contributed by atoms with Gasteiger partial charge in [-0.2, -0.15) is 11.8 Å². The molecule has 0 aromatic rings. The molecule has 2 rings (SSSR count). The van der Waals surface area contributed by atoms with Gasteiger partial charge in [-0.05, 0) is 18.6 Å². The Hall–Kier alpha value is 0.240. The lowest BCUT2D eigenvalue weighted by Gasteiger charge is -2.29. The van der Waals surface area contributed by atoms with Crippen LogP contribution in [0.1, 0.15) is 32.1 Å². The first kappa shape index (κ1) is 8.82. The summed E-state index contributed by atoms with van der Waals surface area (Å²) in [6.45, 7) is 0. The molecule has 0 spiro atoms. The zero-order valence-electron chi connectivity index (χ0n) is 7.21. The molecular weight excluding hydrogens is 186 g/mol. The van der Waals surface area contributed by atoms with E-state index in [1.807, 2.05) is 0 Å². The quantitative estimate of drug-likeness (QED) is 0.604. The lowest BCUT2D eigenvalue weighted by molar-refractivity contribution is 0.427. The van der Waals surface area contributed by atoms with E-state index in [1.165, 1.54) is 31.4 Å². The molecule has 12 heavy (non-hydrogen) atoms. The third-order valence-corrected chi connectivity index (χ3v) is 4.46. The molecule has 0 aromatic heterocycles. The van der Waals surface area contributed by atoms with Gasteiger partial charge < -0.3 is 5.32 Å². The maximum absolute atomic E-state index is 5.24. The van der Waals surface area contributed by atoms with Crippen LogP contribution in [-0.4, -0.2) is 22.0 Å². The monoisotopic (exact) mass is 201 g/mol. The number of thiocarbonyl (C=S) groups is 1. The van der Waals surface area contributed by atoms with Gasteiger partial charge in [0.2, 0.25) is 0 Å². The van der Waals surface area contributed by atoms with E-state index in [-0.39, 0.29) is 0 Å². The topological polar surface area (TPSA) is 12.0 Å². The fraction of sp³-hybridized carbons (Fsp3) is 0.889. The maximum Gasteiger partial charge on any atom is 0.0764 e. The first-order valence-corrected chi connectivity index (χ1v) is 6.23. The summed E-state index contributed by atoms with van der Waals surface area (Å²) in [5.41, 5.74) is 0. The van der Waals surface area contributed by atoms with Crippen molar-refractivity contribution in [3.63, 3.8) is 0 Å². The summed E-state index contributed by atoms with van der Waals surface area (Å²) in [5.74, 6) is 1.23. The van der Waals surface area contributed by atoms with Crippen LogP contribution in [0.15, 0.2) is 0 Å². The molecule has 0 radical (unpaired) electrons.